The Morgan fingerprint density at radius 3 is 2.45 bits per heavy atom. The molecule has 3 rings (SSSR count). The maximum absolute atomic E-state index is 12.5. The van der Waals surface area contributed by atoms with E-state index in [2.05, 4.69) is 20.2 Å². The van der Waals surface area contributed by atoms with Crippen molar-refractivity contribution in [2.24, 2.45) is 0 Å². The lowest BCUT2D eigenvalue weighted by atomic mass is 10.2. The van der Waals surface area contributed by atoms with E-state index in [1.807, 2.05) is 0 Å². The number of nitrogens with zero attached hydrogens (tertiary/aromatic N) is 3. The molecule has 0 spiro atoms. The number of anilines is 2. The second kappa shape index (κ2) is 8.29. The first kappa shape index (κ1) is 20.9. The molecule has 0 atom stereocenters. The molecule has 0 fully saturated rings. The van der Waals surface area contributed by atoms with E-state index in [0.29, 0.717) is 16.4 Å². The summed E-state index contributed by atoms with van der Waals surface area (Å²) >= 11 is 12.3. The maximum atomic E-state index is 12.5. The molecular formula is C15H9Cl2N5O5S2. The monoisotopic (exact) mass is 473 g/mol. The normalized spacial score (nSPS) is 11.1. The molecule has 0 unspecified atom stereocenters. The quantitative estimate of drug-likeness (QED) is 0.314. The summed E-state index contributed by atoms with van der Waals surface area (Å²) in [5.41, 5.74) is -0.251. The number of benzene rings is 2. The second-order valence-electron chi connectivity index (χ2n) is 5.36. The predicted molar refractivity (Wildman–Crippen MR) is 108 cm³/mol. The van der Waals surface area contributed by atoms with Gasteiger partial charge in [0, 0.05) is 22.7 Å². The summed E-state index contributed by atoms with van der Waals surface area (Å²) in [7, 11) is -4.24. The third-order valence-corrected chi connectivity index (χ3v) is 6.52. The number of rotatable bonds is 6. The van der Waals surface area contributed by atoms with Gasteiger partial charge in [-0.3, -0.25) is 24.9 Å². The SMILES string of the molecule is O=C(Nc1nnc(S(=O)(=O)Nc2cc([N+](=O)[O-])ccc2Cl)s1)c1ccc(Cl)cc1. The van der Waals surface area contributed by atoms with E-state index in [0.717, 1.165) is 12.1 Å². The summed E-state index contributed by atoms with van der Waals surface area (Å²) in [5, 5.41) is 20.8. The van der Waals surface area contributed by atoms with Crippen LogP contribution in [0.1, 0.15) is 10.4 Å². The Kier molecular flexibility index (Phi) is 5.98. The first-order valence-corrected chi connectivity index (χ1v) is 10.6. The Morgan fingerprint density at radius 1 is 1.10 bits per heavy atom. The number of sulfonamides is 1. The first-order valence-electron chi connectivity index (χ1n) is 7.53. The largest absolute Gasteiger partial charge is 0.296 e. The van der Waals surface area contributed by atoms with Gasteiger partial charge in [0.1, 0.15) is 0 Å². The van der Waals surface area contributed by atoms with E-state index in [1.165, 1.54) is 30.3 Å². The molecule has 29 heavy (non-hydrogen) atoms. The topological polar surface area (TPSA) is 144 Å². The highest BCUT2D eigenvalue weighted by Gasteiger charge is 2.23. The van der Waals surface area contributed by atoms with E-state index >= 15 is 0 Å². The van der Waals surface area contributed by atoms with Gasteiger partial charge in [0.2, 0.25) is 5.13 Å². The fourth-order valence-electron chi connectivity index (χ4n) is 2.03. The number of halogens is 2. The van der Waals surface area contributed by atoms with Crippen LogP contribution in [0, 0.1) is 10.1 Å². The molecular weight excluding hydrogens is 465 g/mol. The molecule has 0 aliphatic rings. The average Bonchev–Trinajstić information content (AvgIpc) is 3.13. The lowest BCUT2D eigenvalue weighted by Gasteiger charge is -2.06. The molecule has 10 nitrogen and oxygen atoms in total. The molecule has 1 amide bonds. The van der Waals surface area contributed by atoms with Crippen molar-refractivity contribution in [1.29, 1.82) is 0 Å². The Hall–Kier alpha value is -2.80. The van der Waals surface area contributed by atoms with Gasteiger partial charge in [0.15, 0.2) is 0 Å². The zero-order valence-electron chi connectivity index (χ0n) is 14.0. The second-order valence-corrected chi connectivity index (χ2v) is 9.04. The van der Waals surface area contributed by atoms with Gasteiger partial charge in [0.05, 0.1) is 15.6 Å². The molecule has 2 N–H and O–H groups in total. The summed E-state index contributed by atoms with van der Waals surface area (Å²) in [6.07, 6.45) is 0. The molecule has 0 aliphatic heterocycles. The van der Waals surface area contributed by atoms with Crippen LogP contribution in [0.3, 0.4) is 0 Å². The molecule has 0 radical (unpaired) electrons. The third kappa shape index (κ3) is 4.98. The van der Waals surface area contributed by atoms with Crippen LogP contribution in [0.2, 0.25) is 10.0 Å². The van der Waals surface area contributed by atoms with Crippen LogP contribution in [0.4, 0.5) is 16.5 Å². The Balaban J connectivity index is 1.78. The number of hydrogen-bond acceptors (Lipinski definition) is 8. The first-order chi connectivity index (χ1) is 13.7. The van der Waals surface area contributed by atoms with Crippen molar-refractivity contribution in [2.75, 3.05) is 10.0 Å². The standard InChI is InChI=1S/C15H9Cl2N5O5S2/c16-9-3-1-8(2-4-9)13(23)18-14-19-20-15(28-14)29(26,27)21-12-7-10(22(24)25)5-6-11(12)17/h1-7,21H,(H,18,19,23). The van der Waals surface area contributed by atoms with E-state index in [1.54, 1.807) is 0 Å². The predicted octanol–water partition coefficient (Wildman–Crippen LogP) is 3.81. The molecule has 14 heteroatoms. The molecule has 150 valence electrons. The van der Waals surface area contributed by atoms with Crippen molar-refractivity contribution in [3.8, 4) is 0 Å². The highest BCUT2D eigenvalue weighted by molar-refractivity contribution is 7.94. The van der Waals surface area contributed by atoms with Crippen molar-refractivity contribution < 1.29 is 18.1 Å². The molecule has 1 heterocycles. The molecule has 0 saturated heterocycles. The number of carbonyl (C=O) groups is 1. The number of nitro groups is 1. The van der Waals surface area contributed by atoms with Gasteiger partial charge >= 0.3 is 0 Å². The third-order valence-electron chi connectivity index (χ3n) is 3.37. The van der Waals surface area contributed by atoms with Gasteiger partial charge in [-0.05, 0) is 30.3 Å². The van der Waals surface area contributed by atoms with Crippen LogP contribution >= 0.6 is 34.5 Å². The van der Waals surface area contributed by atoms with Crippen molar-refractivity contribution in [3.05, 3.63) is 68.2 Å². The molecule has 0 bridgehead atoms. The number of hydrogen-bond donors (Lipinski definition) is 2. The number of aromatic nitrogens is 2. The van der Waals surface area contributed by atoms with E-state index < -0.39 is 25.2 Å². The molecule has 0 aliphatic carbocycles. The molecule has 0 saturated carbocycles. The van der Waals surface area contributed by atoms with Gasteiger partial charge in [-0.2, -0.15) is 8.42 Å². The van der Waals surface area contributed by atoms with Crippen LogP contribution < -0.4 is 10.0 Å². The number of amides is 1. The van der Waals surface area contributed by atoms with Crippen molar-refractivity contribution in [2.45, 2.75) is 4.34 Å². The van der Waals surface area contributed by atoms with E-state index in [4.69, 9.17) is 23.2 Å². The maximum Gasteiger partial charge on any atom is 0.291 e. The van der Waals surface area contributed by atoms with Crippen LogP contribution in [0.25, 0.3) is 0 Å². The Morgan fingerprint density at radius 2 is 1.79 bits per heavy atom. The van der Waals surface area contributed by atoms with Crippen molar-refractivity contribution in [1.82, 2.24) is 10.2 Å². The van der Waals surface area contributed by atoms with Crippen molar-refractivity contribution >= 4 is 67.0 Å². The summed E-state index contributed by atoms with van der Waals surface area (Å²) < 4.78 is 26.6. The van der Waals surface area contributed by atoms with E-state index in [-0.39, 0.29) is 27.1 Å². The summed E-state index contributed by atoms with van der Waals surface area (Å²) in [6, 6.07) is 9.33. The summed E-state index contributed by atoms with van der Waals surface area (Å²) in [5.74, 6) is -0.531. The van der Waals surface area contributed by atoms with Gasteiger partial charge in [0.25, 0.3) is 26.0 Å². The highest BCUT2D eigenvalue weighted by Crippen LogP contribution is 2.30. The van der Waals surface area contributed by atoms with Gasteiger partial charge in [-0.1, -0.05) is 34.5 Å². The number of carbonyl (C=O) groups excluding carboxylic acids is 1. The average molecular weight is 474 g/mol. The van der Waals surface area contributed by atoms with Crippen LogP contribution in [-0.2, 0) is 10.0 Å². The zero-order chi connectivity index (χ0) is 21.2. The molecule has 3 aromatic rings. The Bertz CT molecular complexity index is 1200. The van der Waals surface area contributed by atoms with Crippen LogP contribution in [-0.4, -0.2) is 29.4 Å². The number of nitro benzene ring substituents is 1. The summed E-state index contributed by atoms with van der Waals surface area (Å²) in [4.78, 5) is 22.3. The minimum absolute atomic E-state index is 0.0417. The smallest absolute Gasteiger partial charge is 0.291 e. The fourth-order valence-corrected chi connectivity index (χ4v) is 4.35. The Labute approximate surface area is 177 Å². The number of non-ortho nitro benzene ring substituents is 1. The van der Waals surface area contributed by atoms with Gasteiger partial charge < -0.3 is 0 Å². The van der Waals surface area contributed by atoms with E-state index in [9.17, 15) is 23.3 Å². The van der Waals surface area contributed by atoms with Crippen LogP contribution in [0.5, 0.6) is 0 Å². The van der Waals surface area contributed by atoms with Crippen LogP contribution in [0.15, 0.2) is 46.8 Å². The molecule has 2 aromatic carbocycles. The minimum Gasteiger partial charge on any atom is -0.296 e. The van der Waals surface area contributed by atoms with Crippen molar-refractivity contribution in [3.63, 3.8) is 0 Å². The number of nitrogens with one attached hydrogen (secondary N) is 2. The lowest BCUT2D eigenvalue weighted by molar-refractivity contribution is -0.384. The summed E-state index contributed by atoms with van der Waals surface area (Å²) in [6.45, 7) is 0. The van der Waals surface area contributed by atoms with Gasteiger partial charge in [-0.15, -0.1) is 10.2 Å². The zero-order valence-corrected chi connectivity index (χ0v) is 17.1. The van der Waals surface area contributed by atoms with Gasteiger partial charge in [-0.25, -0.2) is 0 Å². The fraction of sp³-hybridized carbons (Fsp3) is 0. The molecule has 1 aromatic heterocycles. The minimum atomic E-state index is -4.24. The lowest BCUT2D eigenvalue weighted by Crippen LogP contribution is -2.13. The highest BCUT2D eigenvalue weighted by atomic mass is 35.5.